The van der Waals surface area contributed by atoms with Gasteiger partial charge < -0.3 is 19.5 Å². The van der Waals surface area contributed by atoms with E-state index >= 15 is 0 Å². The molecule has 0 amide bonds. The molecular formula is C15H19N5O2. The molecule has 0 aliphatic carbocycles. The van der Waals surface area contributed by atoms with Crippen LogP contribution in [0.1, 0.15) is 5.89 Å². The van der Waals surface area contributed by atoms with Crippen LogP contribution in [0.15, 0.2) is 22.9 Å². The maximum absolute atomic E-state index is 5.64. The highest BCUT2D eigenvalue weighted by molar-refractivity contribution is 5.53. The summed E-state index contributed by atoms with van der Waals surface area (Å²) in [5.41, 5.74) is 1.59. The summed E-state index contributed by atoms with van der Waals surface area (Å²) < 4.78 is 11.2. The van der Waals surface area contributed by atoms with Crippen molar-refractivity contribution in [1.82, 2.24) is 20.4 Å². The number of nitrogens with zero attached hydrogens (tertiary/aromatic N) is 4. The highest BCUT2D eigenvalue weighted by Crippen LogP contribution is 2.40. The number of hydrogen-bond acceptors (Lipinski definition) is 7. The molecule has 2 aromatic rings. The van der Waals surface area contributed by atoms with Crippen LogP contribution in [0, 0.1) is 5.92 Å². The summed E-state index contributed by atoms with van der Waals surface area (Å²) in [5, 5.41) is 7.52. The van der Waals surface area contributed by atoms with Crippen LogP contribution in [0.4, 0.5) is 5.69 Å². The number of pyridine rings is 1. The molecule has 7 heteroatoms. The molecule has 0 radical (unpaired) electrons. The molecule has 2 fully saturated rings. The van der Waals surface area contributed by atoms with Crippen LogP contribution in [0.5, 0.6) is 0 Å². The Balaban J connectivity index is 1.64. The average molecular weight is 301 g/mol. The number of nitrogens with one attached hydrogen (secondary N) is 1. The average Bonchev–Trinajstić information content (AvgIpc) is 3.21. The summed E-state index contributed by atoms with van der Waals surface area (Å²) in [6, 6.07) is 3.91. The first-order chi connectivity index (χ1) is 10.7. The Kier molecular flexibility index (Phi) is 3.12. The predicted molar refractivity (Wildman–Crippen MR) is 80.7 cm³/mol. The molecule has 0 saturated carbocycles. The highest BCUT2D eigenvalue weighted by Gasteiger charge is 2.52. The lowest BCUT2D eigenvalue weighted by Crippen LogP contribution is -2.35. The number of rotatable bonds is 3. The summed E-state index contributed by atoms with van der Waals surface area (Å²) in [5.74, 6) is 1.60. The first-order valence-electron chi connectivity index (χ1n) is 7.45. The lowest BCUT2D eigenvalue weighted by Gasteiger charge is -2.20. The van der Waals surface area contributed by atoms with Gasteiger partial charge in [0.1, 0.15) is 5.69 Å². The first-order valence-corrected chi connectivity index (χ1v) is 7.45. The molecule has 0 unspecified atom stereocenters. The zero-order valence-corrected chi connectivity index (χ0v) is 12.7. The lowest BCUT2D eigenvalue weighted by atomic mass is 9.81. The van der Waals surface area contributed by atoms with E-state index in [1.165, 1.54) is 0 Å². The van der Waals surface area contributed by atoms with Crippen molar-refractivity contribution < 1.29 is 9.26 Å². The van der Waals surface area contributed by atoms with E-state index < -0.39 is 0 Å². The Hall–Kier alpha value is -1.99. The van der Waals surface area contributed by atoms with Crippen LogP contribution in [0.25, 0.3) is 11.5 Å². The van der Waals surface area contributed by atoms with Crippen molar-refractivity contribution in [2.75, 3.05) is 45.3 Å². The van der Waals surface area contributed by atoms with Crippen molar-refractivity contribution in [2.24, 2.45) is 5.92 Å². The zero-order valence-electron chi connectivity index (χ0n) is 12.7. The predicted octanol–water partition coefficient (Wildman–Crippen LogP) is 0.685. The molecule has 2 aliphatic heterocycles. The van der Waals surface area contributed by atoms with Gasteiger partial charge in [0.25, 0.3) is 0 Å². The van der Waals surface area contributed by atoms with Gasteiger partial charge in [0.15, 0.2) is 0 Å². The van der Waals surface area contributed by atoms with E-state index in [2.05, 4.69) is 20.4 Å². The minimum absolute atomic E-state index is 0.172. The molecule has 2 aliphatic rings. The maximum Gasteiger partial charge on any atom is 0.237 e. The van der Waals surface area contributed by atoms with Gasteiger partial charge in [-0.3, -0.25) is 4.98 Å². The zero-order chi connectivity index (χ0) is 15.2. The molecule has 116 valence electrons. The van der Waals surface area contributed by atoms with Crippen LogP contribution in [-0.2, 0) is 10.2 Å². The number of anilines is 1. The van der Waals surface area contributed by atoms with Crippen LogP contribution < -0.4 is 10.2 Å². The highest BCUT2D eigenvalue weighted by atomic mass is 16.5. The van der Waals surface area contributed by atoms with Crippen LogP contribution in [0.3, 0.4) is 0 Å². The van der Waals surface area contributed by atoms with E-state index in [1.807, 2.05) is 37.3 Å². The Bertz CT molecular complexity index is 657. The SMILES string of the molecule is CN(C)c1ccc(-c2noc([C@]34CNC[C@H]3COC4)n2)nc1. The summed E-state index contributed by atoms with van der Waals surface area (Å²) in [7, 11) is 3.96. The third-order valence-electron chi connectivity index (χ3n) is 4.64. The lowest BCUT2D eigenvalue weighted by molar-refractivity contribution is 0.161. The van der Waals surface area contributed by atoms with E-state index in [4.69, 9.17) is 9.26 Å². The van der Waals surface area contributed by atoms with E-state index in [1.54, 1.807) is 0 Å². The molecule has 4 heterocycles. The quantitative estimate of drug-likeness (QED) is 0.893. The molecule has 2 aromatic heterocycles. The number of ether oxygens (including phenoxy) is 1. The molecule has 2 saturated heterocycles. The van der Waals surface area contributed by atoms with Crippen LogP contribution in [-0.4, -0.2) is 55.5 Å². The molecule has 7 nitrogen and oxygen atoms in total. The number of aromatic nitrogens is 3. The first kappa shape index (κ1) is 13.7. The van der Waals surface area contributed by atoms with E-state index in [9.17, 15) is 0 Å². The van der Waals surface area contributed by atoms with E-state index in [0.717, 1.165) is 31.1 Å². The molecule has 22 heavy (non-hydrogen) atoms. The van der Waals surface area contributed by atoms with Crippen LogP contribution >= 0.6 is 0 Å². The second kappa shape index (κ2) is 5.03. The number of hydrogen-bond donors (Lipinski definition) is 1. The second-order valence-corrected chi connectivity index (χ2v) is 6.22. The van der Waals surface area contributed by atoms with Crippen molar-refractivity contribution in [2.45, 2.75) is 5.41 Å². The molecule has 4 rings (SSSR count). The fraction of sp³-hybridized carbons (Fsp3) is 0.533. The Morgan fingerprint density at radius 3 is 3.05 bits per heavy atom. The van der Waals surface area contributed by atoms with Crippen molar-refractivity contribution in [3.63, 3.8) is 0 Å². The Morgan fingerprint density at radius 2 is 2.27 bits per heavy atom. The third-order valence-corrected chi connectivity index (χ3v) is 4.64. The van der Waals surface area contributed by atoms with Crippen LogP contribution in [0.2, 0.25) is 0 Å². The molecule has 0 bridgehead atoms. The van der Waals surface area contributed by atoms with Gasteiger partial charge in [-0.2, -0.15) is 4.98 Å². The fourth-order valence-corrected chi connectivity index (χ4v) is 3.20. The van der Waals surface area contributed by atoms with E-state index in [0.29, 0.717) is 24.2 Å². The van der Waals surface area contributed by atoms with Gasteiger partial charge in [0.05, 0.1) is 30.5 Å². The molecule has 0 aromatic carbocycles. The topological polar surface area (TPSA) is 76.3 Å². The van der Waals surface area contributed by atoms with E-state index in [-0.39, 0.29) is 5.41 Å². The Labute approximate surface area is 128 Å². The van der Waals surface area contributed by atoms with Gasteiger partial charge in [-0.05, 0) is 12.1 Å². The largest absolute Gasteiger partial charge is 0.380 e. The van der Waals surface area contributed by atoms with Gasteiger partial charge in [0, 0.05) is 33.1 Å². The summed E-state index contributed by atoms with van der Waals surface area (Å²) in [6.07, 6.45) is 1.81. The van der Waals surface area contributed by atoms with Crippen molar-refractivity contribution in [3.05, 3.63) is 24.2 Å². The Morgan fingerprint density at radius 1 is 1.36 bits per heavy atom. The summed E-state index contributed by atoms with van der Waals surface area (Å²) in [4.78, 5) is 11.0. The molecule has 1 N–H and O–H groups in total. The molecule has 2 atom stereocenters. The minimum atomic E-state index is -0.172. The van der Waals surface area contributed by atoms with Gasteiger partial charge in [-0.25, -0.2) is 0 Å². The van der Waals surface area contributed by atoms with Gasteiger partial charge in [0.2, 0.25) is 11.7 Å². The van der Waals surface area contributed by atoms with Gasteiger partial charge >= 0.3 is 0 Å². The second-order valence-electron chi connectivity index (χ2n) is 6.22. The van der Waals surface area contributed by atoms with Crippen molar-refractivity contribution >= 4 is 5.69 Å². The monoisotopic (exact) mass is 301 g/mol. The number of fused-ring (bicyclic) bond motifs is 1. The summed E-state index contributed by atoms with van der Waals surface area (Å²) >= 11 is 0. The fourth-order valence-electron chi connectivity index (χ4n) is 3.20. The minimum Gasteiger partial charge on any atom is -0.380 e. The maximum atomic E-state index is 5.64. The smallest absolute Gasteiger partial charge is 0.237 e. The third kappa shape index (κ3) is 2.00. The molecule has 0 spiro atoms. The summed E-state index contributed by atoms with van der Waals surface area (Å²) in [6.45, 7) is 3.15. The standard InChI is InChI=1S/C15H19N5O2/c1-20(2)11-3-4-12(17-6-11)13-18-14(22-19-13)15-8-16-5-10(15)7-21-9-15/h3-4,6,10,16H,5,7-9H2,1-2H3/t10-,15-/m0/s1. The van der Waals surface area contributed by atoms with Gasteiger partial charge in [-0.1, -0.05) is 5.16 Å². The molecular weight excluding hydrogens is 282 g/mol. The van der Waals surface area contributed by atoms with Crippen molar-refractivity contribution in [1.29, 1.82) is 0 Å². The van der Waals surface area contributed by atoms with Crippen molar-refractivity contribution in [3.8, 4) is 11.5 Å². The van der Waals surface area contributed by atoms with Gasteiger partial charge in [-0.15, -0.1) is 0 Å². The normalized spacial score (nSPS) is 27.1.